The van der Waals surface area contributed by atoms with Crippen molar-refractivity contribution in [1.82, 2.24) is 0 Å². The summed E-state index contributed by atoms with van der Waals surface area (Å²) in [7, 11) is 0.0880. The van der Waals surface area contributed by atoms with E-state index < -0.39 is 0 Å². The molecule has 1 aromatic carbocycles. The topological polar surface area (TPSA) is 40.5 Å². The third kappa shape index (κ3) is 1.93. The molecule has 2 unspecified atom stereocenters. The van der Waals surface area contributed by atoms with E-state index in [-0.39, 0.29) is 16.6 Å². The normalized spacial score (nSPS) is 30.7. The summed E-state index contributed by atoms with van der Waals surface area (Å²) in [6, 6.07) is 4.85. The van der Waals surface area contributed by atoms with E-state index in [9.17, 15) is 10.2 Å². The van der Waals surface area contributed by atoms with E-state index in [1.54, 1.807) is 12.1 Å². The van der Waals surface area contributed by atoms with Crippen LogP contribution in [-0.2, 0) is 10.9 Å². The fourth-order valence-electron chi connectivity index (χ4n) is 2.25. The Bertz CT molecular complexity index is 355. The molecule has 1 saturated heterocycles. The molecule has 0 radical (unpaired) electrons. The van der Waals surface area contributed by atoms with Crippen molar-refractivity contribution in [3.8, 4) is 11.5 Å². The van der Waals surface area contributed by atoms with Crippen LogP contribution in [0.5, 0.6) is 11.5 Å². The zero-order valence-corrected chi connectivity index (χ0v) is 9.92. The van der Waals surface area contributed by atoms with Crippen LogP contribution in [0.1, 0.15) is 26.7 Å². The lowest BCUT2D eigenvalue weighted by atomic mass is 10.2. The molecule has 1 aliphatic heterocycles. The first-order chi connectivity index (χ1) is 7.09. The standard InChI is InChI=1S/C12H16O2S/c1-8-3-4-9(2)15(8)12-7-10(13)5-6-11(12)14/h5-9H,3-4H2,1-2H3,(H-,13,14)/p+1. The summed E-state index contributed by atoms with van der Waals surface area (Å²) in [6.45, 7) is 4.46. The largest absolute Gasteiger partial charge is 0.508 e. The van der Waals surface area contributed by atoms with Gasteiger partial charge < -0.3 is 10.2 Å². The van der Waals surface area contributed by atoms with Gasteiger partial charge in [-0.3, -0.25) is 0 Å². The molecule has 0 aromatic heterocycles. The molecule has 0 bridgehead atoms. The van der Waals surface area contributed by atoms with Crippen LogP contribution in [0.2, 0.25) is 0 Å². The molecule has 0 aliphatic carbocycles. The van der Waals surface area contributed by atoms with Gasteiger partial charge in [0.25, 0.3) is 0 Å². The van der Waals surface area contributed by atoms with Crippen LogP contribution in [-0.4, -0.2) is 20.7 Å². The van der Waals surface area contributed by atoms with Crippen LogP contribution in [0.25, 0.3) is 0 Å². The van der Waals surface area contributed by atoms with Crippen LogP contribution in [0.15, 0.2) is 23.1 Å². The van der Waals surface area contributed by atoms with Crippen LogP contribution >= 0.6 is 0 Å². The van der Waals surface area contributed by atoms with E-state index >= 15 is 0 Å². The fourth-order valence-corrected chi connectivity index (χ4v) is 5.25. The summed E-state index contributed by atoms with van der Waals surface area (Å²) in [5.41, 5.74) is 0. The Morgan fingerprint density at radius 2 is 1.73 bits per heavy atom. The zero-order valence-electron chi connectivity index (χ0n) is 9.10. The molecule has 15 heavy (non-hydrogen) atoms. The molecular weight excluding hydrogens is 208 g/mol. The Kier molecular flexibility index (Phi) is 2.83. The van der Waals surface area contributed by atoms with Crippen LogP contribution in [0, 0.1) is 0 Å². The molecule has 0 saturated carbocycles. The smallest absolute Gasteiger partial charge is 0.200 e. The number of phenols is 2. The van der Waals surface area contributed by atoms with Crippen LogP contribution in [0.4, 0.5) is 0 Å². The lowest BCUT2D eigenvalue weighted by molar-refractivity contribution is 0.448. The maximum atomic E-state index is 9.83. The van der Waals surface area contributed by atoms with E-state index in [1.807, 2.05) is 0 Å². The number of hydrogen-bond donors (Lipinski definition) is 2. The molecule has 2 rings (SSSR count). The number of benzene rings is 1. The summed E-state index contributed by atoms with van der Waals surface area (Å²) in [4.78, 5) is 0.938. The van der Waals surface area contributed by atoms with Gasteiger partial charge in [-0.05, 0) is 38.8 Å². The minimum absolute atomic E-state index is 0.0880. The van der Waals surface area contributed by atoms with Gasteiger partial charge in [0.05, 0.1) is 0 Å². The Morgan fingerprint density at radius 1 is 1.13 bits per heavy atom. The first-order valence-electron chi connectivity index (χ1n) is 5.33. The highest BCUT2D eigenvalue weighted by atomic mass is 32.2. The lowest BCUT2D eigenvalue weighted by Gasteiger charge is -2.11. The second-order valence-corrected chi connectivity index (χ2v) is 7.02. The average Bonchev–Trinajstić information content (AvgIpc) is 2.51. The molecule has 1 aliphatic rings. The fraction of sp³-hybridized carbons (Fsp3) is 0.500. The third-order valence-corrected chi connectivity index (χ3v) is 6.08. The van der Waals surface area contributed by atoms with Gasteiger partial charge in [-0.25, -0.2) is 0 Å². The monoisotopic (exact) mass is 225 g/mol. The van der Waals surface area contributed by atoms with Gasteiger partial charge in [0.2, 0.25) is 4.90 Å². The van der Waals surface area contributed by atoms with Crippen molar-refractivity contribution in [3.63, 3.8) is 0 Å². The number of hydrogen-bond acceptors (Lipinski definition) is 2. The van der Waals surface area contributed by atoms with Crippen molar-refractivity contribution in [2.45, 2.75) is 42.1 Å². The number of rotatable bonds is 1. The Labute approximate surface area is 93.3 Å². The highest BCUT2D eigenvalue weighted by Gasteiger charge is 2.43. The first-order valence-corrected chi connectivity index (χ1v) is 6.68. The third-order valence-electron chi connectivity index (χ3n) is 3.04. The predicted octanol–water partition coefficient (Wildman–Crippen LogP) is 2.65. The molecule has 3 heteroatoms. The zero-order chi connectivity index (χ0) is 11.0. The molecular formula is C12H17O2S+. The van der Waals surface area contributed by atoms with Gasteiger partial charge in [0.15, 0.2) is 5.75 Å². The van der Waals surface area contributed by atoms with Crippen molar-refractivity contribution in [2.75, 3.05) is 0 Å². The van der Waals surface area contributed by atoms with E-state index in [1.165, 1.54) is 18.9 Å². The highest BCUT2D eigenvalue weighted by molar-refractivity contribution is 7.98. The minimum Gasteiger partial charge on any atom is -0.508 e. The quantitative estimate of drug-likeness (QED) is 0.570. The molecule has 1 fully saturated rings. The van der Waals surface area contributed by atoms with E-state index in [4.69, 9.17) is 0 Å². The molecule has 1 aromatic rings. The van der Waals surface area contributed by atoms with Crippen LogP contribution < -0.4 is 0 Å². The van der Waals surface area contributed by atoms with Crippen molar-refractivity contribution < 1.29 is 10.2 Å². The average molecular weight is 225 g/mol. The van der Waals surface area contributed by atoms with Crippen molar-refractivity contribution >= 4 is 10.9 Å². The van der Waals surface area contributed by atoms with Crippen molar-refractivity contribution in [1.29, 1.82) is 0 Å². The van der Waals surface area contributed by atoms with Gasteiger partial charge in [-0.2, -0.15) is 0 Å². The summed E-state index contributed by atoms with van der Waals surface area (Å²) >= 11 is 0. The number of phenolic OH excluding ortho intramolecular Hbond substituents is 2. The maximum Gasteiger partial charge on any atom is 0.200 e. The van der Waals surface area contributed by atoms with Crippen molar-refractivity contribution in [3.05, 3.63) is 18.2 Å². The molecule has 1 heterocycles. The lowest BCUT2D eigenvalue weighted by Crippen LogP contribution is -2.19. The summed E-state index contributed by atoms with van der Waals surface area (Å²) in [5.74, 6) is 0.582. The van der Waals surface area contributed by atoms with Gasteiger partial charge in [0.1, 0.15) is 16.2 Å². The predicted molar refractivity (Wildman–Crippen MR) is 63.6 cm³/mol. The Balaban J connectivity index is 2.39. The maximum absolute atomic E-state index is 9.83. The SMILES string of the molecule is CC1CCC(C)[S+]1c1cc(O)ccc1O. The van der Waals surface area contributed by atoms with E-state index in [0.717, 1.165) is 4.90 Å². The molecule has 2 nitrogen and oxygen atoms in total. The summed E-state index contributed by atoms with van der Waals surface area (Å²) < 4.78 is 0. The van der Waals surface area contributed by atoms with Crippen molar-refractivity contribution in [2.24, 2.45) is 0 Å². The van der Waals surface area contributed by atoms with E-state index in [0.29, 0.717) is 16.2 Å². The Morgan fingerprint density at radius 3 is 2.33 bits per heavy atom. The molecule has 82 valence electrons. The molecule has 2 atom stereocenters. The highest BCUT2D eigenvalue weighted by Crippen LogP contribution is 2.40. The second-order valence-electron chi connectivity index (χ2n) is 4.22. The number of aromatic hydroxyl groups is 2. The molecule has 2 N–H and O–H groups in total. The first kappa shape index (κ1) is 10.7. The Hall–Kier alpha value is -0.830. The summed E-state index contributed by atoms with van der Waals surface area (Å²) in [5, 5.41) is 20.5. The second kappa shape index (κ2) is 3.97. The van der Waals surface area contributed by atoms with Crippen LogP contribution in [0.3, 0.4) is 0 Å². The molecule has 0 spiro atoms. The summed E-state index contributed by atoms with van der Waals surface area (Å²) in [6.07, 6.45) is 2.44. The van der Waals surface area contributed by atoms with Gasteiger partial charge in [-0.1, -0.05) is 0 Å². The van der Waals surface area contributed by atoms with Gasteiger partial charge >= 0.3 is 0 Å². The van der Waals surface area contributed by atoms with E-state index in [2.05, 4.69) is 13.8 Å². The minimum atomic E-state index is 0.0880. The van der Waals surface area contributed by atoms with Gasteiger partial charge in [0, 0.05) is 17.0 Å². The molecule has 0 amide bonds. The van der Waals surface area contributed by atoms with Gasteiger partial charge in [-0.15, -0.1) is 0 Å².